The molecule has 7 nitrogen and oxygen atoms in total. The van der Waals surface area contributed by atoms with E-state index in [4.69, 9.17) is 4.42 Å². The third-order valence-corrected chi connectivity index (χ3v) is 7.29. The summed E-state index contributed by atoms with van der Waals surface area (Å²) in [5, 5.41) is 11.0. The molecule has 2 aromatic rings. The molecule has 1 saturated carbocycles. The van der Waals surface area contributed by atoms with Crippen LogP contribution in [0.1, 0.15) is 46.5 Å². The molecule has 29 heavy (non-hydrogen) atoms. The maximum Gasteiger partial charge on any atom is 0.315 e. The third-order valence-electron chi connectivity index (χ3n) is 5.13. The van der Waals surface area contributed by atoms with Crippen LogP contribution in [0.5, 0.6) is 0 Å². The van der Waals surface area contributed by atoms with Crippen molar-refractivity contribution < 1.29 is 21.6 Å². The van der Waals surface area contributed by atoms with Crippen molar-refractivity contribution in [1.82, 2.24) is 14.9 Å². The predicted octanol–water partition coefficient (Wildman–Crippen LogP) is 3.70. The normalized spacial score (nSPS) is 20.6. The second-order valence-electron chi connectivity index (χ2n) is 8.37. The van der Waals surface area contributed by atoms with Gasteiger partial charge in [-0.25, -0.2) is 21.9 Å². The zero-order chi connectivity index (χ0) is 21.2. The highest BCUT2D eigenvalue weighted by Gasteiger charge is 2.30. The maximum absolute atomic E-state index is 13.4. The maximum atomic E-state index is 13.4. The second kappa shape index (κ2) is 8.35. The summed E-state index contributed by atoms with van der Waals surface area (Å²) in [6, 6.07) is 3.75. The molecule has 3 rings (SSSR count). The van der Waals surface area contributed by atoms with E-state index in [9.17, 15) is 17.2 Å². The highest BCUT2D eigenvalue weighted by Crippen LogP contribution is 2.28. The monoisotopic (exact) mass is 428 g/mol. The molecule has 1 aromatic carbocycles. The molecule has 0 unspecified atom stereocenters. The molecule has 160 valence electrons. The molecule has 1 fully saturated rings. The van der Waals surface area contributed by atoms with Crippen molar-refractivity contribution in [1.29, 1.82) is 0 Å². The molecule has 1 aliphatic rings. The average Bonchev–Trinajstić information content (AvgIpc) is 3.11. The number of hydrogen-bond donors (Lipinski definition) is 2. The van der Waals surface area contributed by atoms with E-state index in [1.54, 1.807) is 20.8 Å². The Morgan fingerprint density at radius 3 is 2.41 bits per heavy atom. The lowest BCUT2D eigenvalue weighted by molar-refractivity contribution is 0.333. The Morgan fingerprint density at radius 2 is 1.79 bits per heavy atom. The van der Waals surface area contributed by atoms with Crippen molar-refractivity contribution in [3.63, 3.8) is 0 Å². The van der Waals surface area contributed by atoms with Gasteiger partial charge in [-0.1, -0.05) is 5.10 Å². The Hall–Kier alpha value is -2.07. The minimum atomic E-state index is -3.34. The van der Waals surface area contributed by atoms with Crippen LogP contribution in [0, 0.1) is 17.6 Å². The van der Waals surface area contributed by atoms with Gasteiger partial charge in [0, 0.05) is 18.2 Å². The Kier molecular flexibility index (Phi) is 6.23. The highest BCUT2D eigenvalue weighted by atomic mass is 32.2. The molecule has 2 N–H and O–H groups in total. The van der Waals surface area contributed by atoms with Crippen molar-refractivity contribution >= 4 is 16.0 Å². The van der Waals surface area contributed by atoms with Crippen LogP contribution in [0.15, 0.2) is 22.6 Å². The van der Waals surface area contributed by atoms with Gasteiger partial charge in [0.15, 0.2) is 11.6 Å². The lowest BCUT2D eigenvalue weighted by Gasteiger charge is -2.29. The fourth-order valence-corrected chi connectivity index (χ4v) is 4.05. The minimum absolute atomic E-state index is 0.108. The second-order valence-corrected chi connectivity index (χ2v) is 10.9. The lowest BCUT2D eigenvalue weighted by atomic mass is 9.86. The molecular weight excluding hydrogens is 402 g/mol. The number of sulfonamides is 1. The van der Waals surface area contributed by atoms with E-state index in [1.165, 1.54) is 6.07 Å². The largest absolute Gasteiger partial charge is 0.403 e. The Balaban J connectivity index is 1.50. The van der Waals surface area contributed by atoms with Gasteiger partial charge in [-0.3, -0.25) is 0 Å². The van der Waals surface area contributed by atoms with Crippen LogP contribution in [-0.2, 0) is 10.0 Å². The van der Waals surface area contributed by atoms with Gasteiger partial charge in [-0.05, 0) is 70.6 Å². The molecule has 0 spiro atoms. The number of hydrogen-bond acceptors (Lipinski definition) is 6. The molecule has 1 heterocycles. The number of aromatic nitrogens is 2. The summed E-state index contributed by atoms with van der Waals surface area (Å²) >= 11 is 0. The van der Waals surface area contributed by atoms with E-state index in [2.05, 4.69) is 20.2 Å². The standard InChI is InChI=1S/C19H26F2N4O3S/c1-19(2,3)29(26,27)22-11-12-4-7-14(8-5-12)23-18-25-24-17(28-18)13-6-9-15(20)16(21)10-13/h6,9-10,12,14,22H,4-5,7-8,11H2,1-3H3,(H,23,25)/t12-,14-. The smallest absolute Gasteiger partial charge is 0.315 e. The number of rotatable bonds is 6. The summed E-state index contributed by atoms with van der Waals surface area (Å²) in [5.74, 6) is -1.52. The average molecular weight is 429 g/mol. The van der Waals surface area contributed by atoms with Gasteiger partial charge in [-0.2, -0.15) is 0 Å². The van der Waals surface area contributed by atoms with Crippen LogP contribution in [0.25, 0.3) is 11.5 Å². The summed E-state index contributed by atoms with van der Waals surface area (Å²) in [6.07, 6.45) is 3.42. The minimum Gasteiger partial charge on any atom is -0.403 e. The number of nitrogens with one attached hydrogen (secondary N) is 2. The molecule has 0 atom stereocenters. The summed E-state index contributed by atoms with van der Waals surface area (Å²) < 4.78 is 58.1. The molecule has 0 radical (unpaired) electrons. The first-order valence-corrected chi connectivity index (χ1v) is 11.1. The van der Waals surface area contributed by atoms with Crippen LogP contribution >= 0.6 is 0 Å². The van der Waals surface area contributed by atoms with Crippen LogP contribution in [0.4, 0.5) is 14.8 Å². The first-order chi connectivity index (χ1) is 13.5. The number of halogens is 2. The molecule has 0 aliphatic heterocycles. The van der Waals surface area contributed by atoms with Crippen molar-refractivity contribution in [3.05, 3.63) is 29.8 Å². The van der Waals surface area contributed by atoms with E-state index in [-0.39, 0.29) is 23.9 Å². The van der Waals surface area contributed by atoms with Gasteiger partial charge in [-0.15, -0.1) is 5.10 Å². The number of nitrogens with zero attached hydrogens (tertiary/aromatic N) is 2. The van der Waals surface area contributed by atoms with Crippen LogP contribution in [-0.4, -0.2) is 35.9 Å². The van der Waals surface area contributed by atoms with Crippen LogP contribution in [0.2, 0.25) is 0 Å². The van der Waals surface area contributed by atoms with E-state index < -0.39 is 26.4 Å². The zero-order valence-corrected chi connectivity index (χ0v) is 17.5. The summed E-state index contributed by atoms with van der Waals surface area (Å²) in [7, 11) is -3.34. The summed E-state index contributed by atoms with van der Waals surface area (Å²) in [6.45, 7) is 5.46. The Bertz CT molecular complexity index is 949. The van der Waals surface area contributed by atoms with Crippen molar-refractivity contribution in [2.24, 2.45) is 5.92 Å². The third kappa shape index (κ3) is 5.30. The first kappa shape index (κ1) is 21.6. The first-order valence-electron chi connectivity index (χ1n) is 9.60. The van der Waals surface area contributed by atoms with Gasteiger partial charge < -0.3 is 9.73 Å². The lowest BCUT2D eigenvalue weighted by Crippen LogP contribution is -2.42. The highest BCUT2D eigenvalue weighted by molar-refractivity contribution is 7.90. The molecule has 1 aromatic heterocycles. The van der Waals surface area contributed by atoms with Crippen molar-refractivity contribution in [3.8, 4) is 11.5 Å². The zero-order valence-electron chi connectivity index (χ0n) is 16.7. The molecule has 1 aliphatic carbocycles. The fraction of sp³-hybridized carbons (Fsp3) is 0.579. The van der Waals surface area contributed by atoms with Crippen molar-refractivity contribution in [2.75, 3.05) is 11.9 Å². The van der Waals surface area contributed by atoms with E-state index in [0.29, 0.717) is 12.1 Å². The summed E-state index contributed by atoms with van der Waals surface area (Å²) in [4.78, 5) is 0. The Labute approximate surface area is 169 Å². The summed E-state index contributed by atoms with van der Waals surface area (Å²) in [5.41, 5.74) is 0.305. The molecule has 0 amide bonds. The van der Waals surface area contributed by atoms with E-state index >= 15 is 0 Å². The molecular formula is C19H26F2N4O3S. The predicted molar refractivity (Wildman–Crippen MR) is 106 cm³/mol. The van der Waals surface area contributed by atoms with Crippen LogP contribution in [0.3, 0.4) is 0 Å². The fourth-order valence-electron chi connectivity index (χ4n) is 3.16. The SMILES string of the molecule is CC(C)(C)S(=O)(=O)NC[C@H]1CC[C@H](Nc2nnc(-c3ccc(F)c(F)c3)o2)CC1. The molecule has 0 saturated heterocycles. The number of anilines is 1. The van der Waals surface area contributed by atoms with Crippen molar-refractivity contribution in [2.45, 2.75) is 57.2 Å². The van der Waals surface area contributed by atoms with Gasteiger partial charge in [0.25, 0.3) is 0 Å². The van der Waals surface area contributed by atoms with E-state index in [0.717, 1.165) is 37.8 Å². The quantitative estimate of drug-likeness (QED) is 0.728. The van der Waals surface area contributed by atoms with Gasteiger partial charge in [0.05, 0.1) is 4.75 Å². The molecule has 10 heteroatoms. The van der Waals surface area contributed by atoms with Gasteiger partial charge in [0.1, 0.15) is 0 Å². The van der Waals surface area contributed by atoms with Crippen LogP contribution < -0.4 is 10.0 Å². The Morgan fingerprint density at radius 1 is 1.10 bits per heavy atom. The van der Waals surface area contributed by atoms with Gasteiger partial charge >= 0.3 is 6.01 Å². The number of benzene rings is 1. The van der Waals surface area contributed by atoms with E-state index in [1.807, 2.05) is 0 Å². The molecule has 0 bridgehead atoms. The van der Waals surface area contributed by atoms with Gasteiger partial charge in [0.2, 0.25) is 15.9 Å². The topological polar surface area (TPSA) is 97.1 Å².